The van der Waals surface area contributed by atoms with Crippen molar-refractivity contribution in [2.24, 2.45) is 0 Å². The topological polar surface area (TPSA) is 72.2 Å². The van der Waals surface area contributed by atoms with Crippen LogP contribution in [0.2, 0.25) is 5.02 Å². The average Bonchev–Trinajstić information content (AvgIpc) is 2.90. The molecule has 0 radical (unpaired) electrons. The van der Waals surface area contributed by atoms with Crippen LogP contribution in [-0.4, -0.2) is 13.6 Å². The molecule has 0 saturated carbocycles. The Labute approximate surface area is 135 Å². The van der Waals surface area contributed by atoms with E-state index in [9.17, 15) is 8.42 Å². The summed E-state index contributed by atoms with van der Waals surface area (Å²) in [6.45, 7) is 5.73. The Morgan fingerprint density at radius 1 is 1.23 bits per heavy atom. The second-order valence-electron chi connectivity index (χ2n) is 4.97. The molecule has 1 heterocycles. The van der Waals surface area contributed by atoms with E-state index in [2.05, 4.69) is 9.88 Å². The number of hydrogen-bond donors (Lipinski definition) is 1. The van der Waals surface area contributed by atoms with E-state index in [-0.39, 0.29) is 4.90 Å². The SMILES string of the molecule is CCc1onc(C(C)NS(=O)(=O)c2ccc(Cl)cc2)c1CC. The number of aryl methyl sites for hydroxylation is 1. The molecule has 22 heavy (non-hydrogen) atoms. The summed E-state index contributed by atoms with van der Waals surface area (Å²) in [5.74, 6) is 0.801. The van der Waals surface area contributed by atoms with Crippen LogP contribution in [0.4, 0.5) is 0 Å². The van der Waals surface area contributed by atoms with Gasteiger partial charge in [0.2, 0.25) is 10.0 Å². The van der Waals surface area contributed by atoms with E-state index >= 15 is 0 Å². The molecular formula is C15H19ClN2O3S. The molecule has 5 nitrogen and oxygen atoms in total. The van der Waals surface area contributed by atoms with Gasteiger partial charge in [-0.1, -0.05) is 30.6 Å². The van der Waals surface area contributed by atoms with E-state index in [0.717, 1.165) is 24.2 Å². The highest BCUT2D eigenvalue weighted by Crippen LogP contribution is 2.24. The first-order chi connectivity index (χ1) is 10.4. The first kappa shape index (κ1) is 17.0. The lowest BCUT2D eigenvalue weighted by Crippen LogP contribution is -2.27. The fourth-order valence-electron chi connectivity index (χ4n) is 2.32. The summed E-state index contributed by atoms with van der Waals surface area (Å²) in [4.78, 5) is 0.168. The molecule has 1 N–H and O–H groups in total. The summed E-state index contributed by atoms with van der Waals surface area (Å²) < 4.78 is 32.7. The zero-order chi connectivity index (χ0) is 16.3. The third-order valence-corrected chi connectivity index (χ3v) is 5.25. The second kappa shape index (κ2) is 6.81. The summed E-state index contributed by atoms with van der Waals surface area (Å²) in [7, 11) is -3.64. The monoisotopic (exact) mass is 342 g/mol. The highest BCUT2D eigenvalue weighted by atomic mass is 35.5. The molecule has 0 spiro atoms. The van der Waals surface area contributed by atoms with Gasteiger partial charge >= 0.3 is 0 Å². The molecule has 120 valence electrons. The van der Waals surface area contributed by atoms with Crippen molar-refractivity contribution in [2.75, 3.05) is 0 Å². The standard InChI is InChI=1S/C15H19ClN2O3S/c1-4-13-14(5-2)21-17-15(13)10(3)18-22(19,20)12-8-6-11(16)7-9-12/h6-10,18H,4-5H2,1-3H3. The Balaban J connectivity index is 2.26. The number of halogens is 1. The zero-order valence-electron chi connectivity index (χ0n) is 12.8. The zero-order valence-corrected chi connectivity index (χ0v) is 14.3. The molecule has 0 saturated heterocycles. The fourth-order valence-corrected chi connectivity index (χ4v) is 3.66. The van der Waals surface area contributed by atoms with E-state index in [0.29, 0.717) is 10.7 Å². The number of aromatic nitrogens is 1. The molecule has 0 fully saturated rings. The van der Waals surface area contributed by atoms with E-state index in [4.69, 9.17) is 16.1 Å². The Bertz CT molecular complexity index is 739. The molecule has 0 bridgehead atoms. The quantitative estimate of drug-likeness (QED) is 0.872. The van der Waals surface area contributed by atoms with Gasteiger partial charge in [-0.05, 0) is 37.6 Å². The third kappa shape index (κ3) is 3.51. The maximum atomic E-state index is 12.4. The minimum Gasteiger partial charge on any atom is -0.361 e. The number of benzene rings is 1. The average molecular weight is 343 g/mol. The van der Waals surface area contributed by atoms with Crippen LogP contribution >= 0.6 is 11.6 Å². The van der Waals surface area contributed by atoms with Gasteiger partial charge in [0.1, 0.15) is 11.5 Å². The van der Waals surface area contributed by atoms with Crippen LogP contribution < -0.4 is 4.72 Å². The molecule has 0 aliphatic heterocycles. The molecule has 1 unspecified atom stereocenters. The molecule has 0 aliphatic carbocycles. The number of hydrogen-bond acceptors (Lipinski definition) is 4. The van der Waals surface area contributed by atoms with Crippen molar-refractivity contribution in [1.82, 2.24) is 9.88 Å². The molecule has 1 aromatic heterocycles. The molecule has 1 atom stereocenters. The lowest BCUT2D eigenvalue weighted by molar-refractivity contribution is 0.375. The molecule has 2 aromatic rings. The van der Waals surface area contributed by atoms with Crippen LogP contribution in [0.5, 0.6) is 0 Å². The summed E-state index contributed by atoms with van der Waals surface area (Å²) >= 11 is 5.78. The largest absolute Gasteiger partial charge is 0.361 e. The van der Waals surface area contributed by atoms with Crippen molar-refractivity contribution in [3.63, 3.8) is 0 Å². The van der Waals surface area contributed by atoms with E-state index in [1.807, 2.05) is 13.8 Å². The molecule has 1 aromatic carbocycles. The van der Waals surface area contributed by atoms with Crippen molar-refractivity contribution >= 4 is 21.6 Å². The number of rotatable bonds is 6. The van der Waals surface area contributed by atoms with Gasteiger partial charge in [-0.15, -0.1) is 0 Å². The van der Waals surface area contributed by atoms with Crippen LogP contribution in [0.25, 0.3) is 0 Å². The van der Waals surface area contributed by atoms with Gasteiger partial charge in [0.15, 0.2) is 0 Å². The van der Waals surface area contributed by atoms with Gasteiger partial charge in [0.05, 0.1) is 10.9 Å². The van der Waals surface area contributed by atoms with E-state index < -0.39 is 16.1 Å². The fraction of sp³-hybridized carbons (Fsp3) is 0.400. The minimum absolute atomic E-state index is 0.168. The van der Waals surface area contributed by atoms with Crippen LogP contribution in [-0.2, 0) is 22.9 Å². The third-order valence-electron chi connectivity index (χ3n) is 3.44. The van der Waals surface area contributed by atoms with Crippen molar-refractivity contribution in [2.45, 2.75) is 44.6 Å². The normalized spacial score (nSPS) is 13.3. The highest BCUT2D eigenvalue weighted by molar-refractivity contribution is 7.89. The van der Waals surface area contributed by atoms with Crippen LogP contribution in [0.1, 0.15) is 43.8 Å². The Kier molecular flexibility index (Phi) is 5.26. The summed E-state index contributed by atoms with van der Waals surface area (Å²) in [6, 6.07) is 5.56. The first-order valence-corrected chi connectivity index (χ1v) is 9.00. The van der Waals surface area contributed by atoms with Gasteiger partial charge < -0.3 is 4.52 Å². The lowest BCUT2D eigenvalue weighted by atomic mass is 10.1. The molecule has 0 aliphatic rings. The Morgan fingerprint density at radius 3 is 2.41 bits per heavy atom. The van der Waals surface area contributed by atoms with Crippen molar-refractivity contribution in [3.05, 3.63) is 46.3 Å². The Hall–Kier alpha value is -1.37. The molecular weight excluding hydrogens is 324 g/mol. The van der Waals surface area contributed by atoms with Gasteiger partial charge in [0, 0.05) is 17.0 Å². The number of nitrogens with zero attached hydrogens (tertiary/aromatic N) is 1. The first-order valence-electron chi connectivity index (χ1n) is 7.14. The molecule has 7 heteroatoms. The van der Waals surface area contributed by atoms with Gasteiger partial charge in [-0.2, -0.15) is 0 Å². The molecule has 0 amide bonds. The van der Waals surface area contributed by atoms with Crippen molar-refractivity contribution in [3.8, 4) is 0 Å². The highest BCUT2D eigenvalue weighted by Gasteiger charge is 2.24. The minimum atomic E-state index is -3.64. The Morgan fingerprint density at radius 2 is 1.86 bits per heavy atom. The summed E-state index contributed by atoms with van der Waals surface area (Å²) in [6.07, 6.45) is 1.47. The van der Waals surface area contributed by atoms with Gasteiger partial charge in [-0.3, -0.25) is 0 Å². The van der Waals surface area contributed by atoms with Crippen LogP contribution in [0.3, 0.4) is 0 Å². The van der Waals surface area contributed by atoms with Gasteiger partial charge in [0.25, 0.3) is 0 Å². The van der Waals surface area contributed by atoms with Crippen molar-refractivity contribution in [1.29, 1.82) is 0 Å². The van der Waals surface area contributed by atoms with E-state index in [1.165, 1.54) is 12.1 Å². The lowest BCUT2D eigenvalue weighted by Gasteiger charge is -2.13. The second-order valence-corrected chi connectivity index (χ2v) is 7.12. The predicted molar refractivity (Wildman–Crippen MR) is 85.4 cm³/mol. The van der Waals surface area contributed by atoms with Crippen LogP contribution in [0, 0.1) is 0 Å². The maximum absolute atomic E-state index is 12.4. The van der Waals surface area contributed by atoms with Crippen molar-refractivity contribution < 1.29 is 12.9 Å². The number of nitrogens with one attached hydrogen (secondary N) is 1. The molecule has 2 rings (SSSR count). The van der Waals surface area contributed by atoms with E-state index in [1.54, 1.807) is 19.1 Å². The predicted octanol–water partition coefficient (Wildman–Crippen LogP) is 3.49. The number of sulfonamides is 1. The summed E-state index contributed by atoms with van der Waals surface area (Å²) in [5.41, 5.74) is 1.60. The van der Waals surface area contributed by atoms with Gasteiger partial charge in [-0.25, -0.2) is 13.1 Å². The smallest absolute Gasteiger partial charge is 0.241 e. The van der Waals surface area contributed by atoms with Crippen LogP contribution in [0.15, 0.2) is 33.7 Å². The summed E-state index contributed by atoms with van der Waals surface area (Å²) in [5, 5.41) is 4.52. The maximum Gasteiger partial charge on any atom is 0.241 e.